The van der Waals surface area contributed by atoms with E-state index in [9.17, 15) is 23.1 Å². The number of nitrogens with zero attached hydrogens (tertiary/aromatic N) is 1. The summed E-state index contributed by atoms with van der Waals surface area (Å²) in [6.07, 6.45) is -2.41. The van der Waals surface area contributed by atoms with E-state index in [2.05, 4.69) is 0 Å². The summed E-state index contributed by atoms with van der Waals surface area (Å²) in [4.78, 5) is 14.4. The van der Waals surface area contributed by atoms with Crippen molar-refractivity contribution in [1.82, 2.24) is 4.90 Å². The average molecular weight is 415 g/mol. The lowest BCUT2D eigenvalue weighted by Gasteiger charge is -2.52. The number of alkyl halides is 3. The third-order valence-electron chi connectivity index (χ3n) is 5.62. The van der Waals surface area contributed by atoms with Gasteiger partial charge in [-0.1, -0.05) is 0 Å². The minimum atomic E-state index is -4.55. The molecule has 2 bridgehead atoms. The standard InChI is InChI=1S/C21H28F3NO4/c1-19(2,3)29-18(26)25-15-6-5-7-16(25)12-20(27,11-15)13-8-14(21(22,23)24)10-17(9-13)28-4/h8-10,15-16,27H,5-7,11-12H2,1-4H3. The molecule has 0 spiro atoms. The number of carbonyl (C=O) groups is 1. The first-order chi connectivity index (χ1) is 13.3. The van der Waals surface area contributed by atoms with Gasteiger partial charge in [0.25, 0.3) is 0 Å². The molecular weight excluding hydrogens is 387 g/mol. The van der Waals surface area contributed by atoms with Gasteiger partial charge in [-0.2, -0.15) is 13.2 Å². The molecule has 162 valence electrons. The SMILES string of the molecule is COc1cc(C(F)(F)F)cc(C2(O)CC3CCCC(C2)N3C(=O)OC(C)(C)C)c1. The minimum Gasteiger partial charge on any atom is -0.497 e. The van der Waals surface area contributed by atoms with Crippen LogP contribution in [0.2, 0.25) is 0 Å². The molecule has 0 radical (unpaired) electrons. The lowest BCUT2D eigenvalue weighted by atomic mass is 9.72. The number of hydrogen-bond acceptors (Lipinski definition) is 4. The number of fused-ring (bicyclic) bond motifs is 2. The quantitative estimate of drug-likeness (QED) is 0.750. The summed E-state index contributed by atoms with van der Waals surface area (Å²) in [5, 5.41) is 11.4. The summed E-state index contributed by atoms with van der Waals surface area (Å²) >= 11 is 0. The highest BCUT2D eigenvalue weighted by atomic mass is 19.4. The van der Waals surface area contributed by atoms with Crippen LogP contribution in [0.25, 0.3) is 0 Å². The molecule has 0 saturated carbocycles. The first kappa shape index (κ1) is 21.7. The number of amides is 1. The van der Waals surface area contributed by atoms with E-state index in [0.29, 0.717) is 12.8 Å². The van der Waals surface area contributed by atoms with E-state index in [1.807, 2.05) is 0 Å². The van der Waals surface area contributed by atoms with Crippen molar-refractivity contribution in [2.75, 3.05) is 7.11 Å². The van der Waals surface area contributed by atoms with Crippen molar-refractivity contribution in [2.24, 2.45) is 0 Å². The van der Waals surface area contributed by atoms with Crippen LogP contribution in [0.1, 0.15) is 64.0 Å². The summed E-state index contributed by atoms with van der Waals surface area (Å²) in [7, 11) is 1.29. The number of piperidine rings is 2. The van der Waals surface area contributed by atoms with Gasteiger partial charge >= 0.3 is 12.3 Å². The molecule has 8 heteroatoms. The monoisotopic (exact) mass is 415 g/mol. The summed E-state index contributed by atoms with van der Waals surface area (Å²) in [5.41, 5.74) is -2.80. The van der Waals surface area contributed by atoms with Gasteiger partial charge in [-0.25, -0.2) is 4.79 Å². The first-order valence-corrected chi connectivity index (χ1v) is 9.83. The normalized spacial score (nSPS) is 27.5. The Labute approximate surface area is 168 Å². The van der Waals surface area contributed by atoms with Crippen LogP contribution in [-0.2, 0) is 16.5 Å². The third kappa shape index (κ3) is 4.63. The van der Waals surface area contributed by atoms with Gasteiger partial charge in [0, 0.05) is 24.9 Å². The number of carbonyl (C=O) groups excluding carboxylic acids is 1. The first-order valence-electron chi connectivity index (χ1n) is 9.83. The van der Waals surface area contributed by atoms with Gasteiger partial charge in [0.05, 0.1) is 18.3 Å². The topological polar surface area (TPSA) is 59.0 Å². The maximum Gasteiger partial charge on any atom is 0.416 e. The Morgan fingerprint density at radius 1 is 1.14 bits per heavy atom. The average Bonchev–Trinajstić information content (AvgIpc) is 2.58. The highest BCUT2D eigenvalue weighted by molar-refractivity contribution is 5.69. The van der Waals surface area contributed by atoms with Crippen molar-refractivity contribution in [3.8, 4) is 5.75 Å². The second kappa shape index (κ2) is 7.38. The molecule has 1 N–H and O–H groups in total. The molecule has 1 amide bonds. The highest BCUT2D eigenvalue weighted by Crippen LogP contribution is 2.46. The Bertz CT molecular complexity index is 758. The van der Waals surface area contributed by atoms with Crippen molar-refractivity contribution in [3.05, 3.63) is 29.3 Å². The molecule has 2 atom stereocenters. The Morgan fingerprint density at radius 2 is 1.72 bits per heavy atom. The van der Waals surface area contributed by atoms with E-state index < -0.39 is 29.0 Å². The predicted molar refractivity (Wildman–Crippen MR) is 101 cm³/mol. The fraction of sp³-hybridized carbons (Fsp3) is 0.667. The van der Waals surface area contributed by atoms with Crippen LogP contribution in [-0.4, -0.2) is 40.9 Å². The summed E-state index contributed by atoms with van der Waals surface area (Å²) in [6, 6.07) is 2.78. The zero-order valence-electron chi connectivity index (χ0n) is 17.2. The fourth-order valence-electron chi connectivity index (χ4n) is 4.43. The van der Waals surface area contributed by atoms with Crippen LogP contribution >= 0.6 is 0 Å². The zero-order chi connectivity index (χ0) is 21.6. The number of halogens is 3. The summed E-state index contributed by atoms with van der Waals surface area (Å²) in [5.74, 6) is 0.0444. The smallest absolute Gasteiger partial charge is 0.416 e. The number of aliphatic hydroxyl groups is 1. The molecule has 1 aromatic carbocycles. The van der Waals surface area contributed by atoms with Gasteiger partial charge in [-0.05, 0) is 63.8 Å². The Morgan fingerprint density at radius 3 is 2.21 bits per heavy atom. The molecule has 3 rings (SSSR count). The van der Waals surface area contributed by atoms with E-state index in [-0.39, 0.29) is 36.2 Å². The summed E-state index contributed by atoms with van der Waals surface area (Å²) < 4.78 is 50.5. The van der Waals surface area contributed by atoms with E-state index in [4.69, 9.17) is 9.47 Å². The molecule has 2 aliphatic heterocycles. The van der Waals surface area contributed by atoms with Crippen LogP contribution < -0.4 is 4.74 Å². The molecular formula is C21H28F3NO4. The van der Waals surface area contributed by atoms with E-state index in [1.54, 1.807) is 25.7 Å². The van der Waals surface area contributed by atoms with Gasteiger partial charge in [0.2, 0.25) is 0 Å². The van der Waals surface area contributed by atoms with E-state index >= 15 is 0 Å². The van der Waals surface area contributed by atoms with Gasteiger partial charge in [0.1, 0.15) is 11.4 Å². The van der Waals surface area contributed by atoms with Crippen LogP contribution in [0.3, 0.4) is 0 Å². The second-order valence-corrected chi connectivity index (χ2v) is 9.01. The molecule has 0 aromatic heterocycles. The lowest BCUT2D eigenvalue weighted by Crippen LogP contribution is -2.59. The van der Waals surface area contributed by atoms with Gasteiger partial charge in [0.15, 0.2) is 0 Å². The lowest BCUT2D eigenvalue weighted by molar-refractivity contribution is -0.138. The largest absolute Gasteiger partial charge is 0.497 e. The Hall–Kier alpha value is -1.96. The van der Waals surface area contributed by atoms with E-state index in [1.165, 1.54) is 13.2 Å². The van der Waals surface area contributed by atoms with Crippen LogP contribution in [0.15, 0.2) is 18.2 Å². The maximum absolute atomic E-state index is 13.3. The number of rotatable bonds is 2. The van der Waals surface area contributed by atoms with Crippen LogP contribution in [0.5, 0.6) is 5.75 Å². The van der Waals surface area contributed by atoms with Gasteiger partial charge < -0.3 is 19.5 Å². The molecule has 2 fully saturated rings. The van der Waals surface area contributed by atoms with Gasteiger partial charge in [-0.15, -0.1) is 0 Å². The fourth-order valence-corrected chi connectivity index (χ4v) is 4.43. The Balaban J connectivity index is 1.93. The van der Waals surface area contributed by atoms with Crippen molar-refractivity contribution in [3.63, 3.8) is 0 Å². The number of ether oxygens (including phenoxy) is 2. The Kier molecular flexibility index (Phi) is 5.53. The molecule has 5 nitrogen and oxygen atoms in total. The number of benzene rings is 1. The minimum absolute atomic E-state index is 0.0444. The van der Waals surface area contributed by atoms with E-state index in [0.717, 1.165) is 18.6 Å². The molecule has 29 heavy (non-hydrogen) atoms. The molecule has 0 aliphatic carbocycles. The predicted octanol–water partition coefficient (Wildman–Crippen LogP) is 4.85. The molecule has 2 aliphatic rings. The van der Waals surface area contributed by atoms with Gasteiger partial charge in [-0.3, -0.25) is 0 Å². The third-order valence-corrected chi connectivity index (χ3v) is 5.62. The molecule has 1 aromatic rings. The molecule has 2 unspecified atom stereocenters. The zero-order valence-corrected chi connectivity index (χ0v) is 17.2. The number of hydrogen-bond donors (Lipinski definition) is 1. The summed E-state index contributed by atoms with van der Waals surface area (Å²) in [6.45, 7) is 5.36. The van der Waals surface area contributed by atoms with Crippen molar-refractivity contribution in [1.29, 1.82) is 0 Å². The second-order valence-electron chi connectivity index (χ2n) is 9.01. The maximum atomic E-state index is 13.3. The molecule has 2 heterocycles. The molecule has 2 saturated heterocycles. The van der Waals surface area contributed by atoms with Crippen molar-refractivity contribution in [2.45, 2.75) is 82.3 Å². The number of methoxy groups -OCH3 is 1. The van der Waals surface area contributed by atoms with Crippen molar-refractivity contribution >= 4 is 6.09 Å². The van der Waals surface area contributed by atoms with Crippen LogP contribution in [0, 0.1) is 0 Å². The van der Waals surface area contributed by atoms with Crippen molar-refractivity contribution < 1.29 is 32.5 Å². The van der Waals surface area contributed by atoms with Crippen LogP contribution in [0.4, 0.5) is 18.0 Å². The highest BCUT2D eigenvalue weighted by Gasteiger charge is 2.49.